The number of para-hydroxylation sites is 1. The quantitative estimate of drug-likeness (QED) is 0.529. The largest absolute Gasteiger partial charge is 0.392 e. The number of hydrogen-bond donors (Lipinski definition) is 3. The SMILES string of the molecule is Nc1nc(Nc2cccc(CO)c2)nn1-c1nc2ccccc2s1. The average Bonchev–Trinajstić information content (AvgIpc) is 3.18. The van der Waals surface area contributed by atoms with Crippen molar-refractivity contribution in [3.8, 4) is 5.13 Å². The van der Waals surface area contributed by atoms with Crippen molar-refractivity contribution in [1.82, 2.24) is 19.7 Å². The van der Waals surface area contributed by atoms with E-state index in [0.717, 1.165) is 21.5 Å². The molecule has 2 aromatic carbocycles. The third-order valence-corrected chi connectivity index (χ3v) is 4.47. The second kappa shape index (κ2) is 5.91. The number of fused-ring (bicyclic) bond motifs is 1. The molecule has 4 rings (SSSR count). The van der Waals surface area contributed by atoms with Gasteiger partial charge in [0.2, 0.25) is 17.0 Å². The predicted molar refractivity (Wildman–Crippen MR) is 94.6 cm³/mol. The zero-order valence-corrected chi connectivity index (χ0v) is 13.4. The van der Waals surface area contributed by atoms with Crippen LogP contribution < -0.4 is 11.1 Å². The number of aromatic nitrogens is 4. The summed E-state index contributed by atoms with van der Waals surface area (Å²) in [7, 11) is 0. The van der Waals surface area contributed by atoms with Gasteiger partial charge in [0.05, 0.1) is 16.8 Å². The van der Waals surface area contributed by atoms with Crippen molar-refractivity contribution in [3.63, 3.8) is 0 Å². The molecule has 0 aliphatic heterocycles. The van der Waals surface area contributed by atoms with Gasteiger partial charge in [-0.15, -0.1) is 5.10 Å². The van der Waals surface area contributed by atoms with Gasteiger partial charge in [-0.2, -0.15) is 9.67 Å². The molecular weight excluding hydrogens is 324 g/mol. The van der Waals surface area contributed by atoms with Crippen LogP contribution in [0.25, 0.3) is 15.3 Å². The summed E-state index contributed by atoms with van der Waals surface area (Å²) in [6.45, 7) is -0.0226. The van der Waals surface area contributed by atoms with Gasteiger partial charge in [-0.1, -0.05) is 35.6 Å². The first-order valence-electron chi connectivity index (χ1n) is 7.28. The Morgan fingerprint density at radius 1 is 1.12 bits per heavy atom. The Hall–Kier alpha value is -2.97. The Bertz CT molecular complexity index is 976. The third-order valence-electron chi connectivity index (χ3n) is 3.46. The van der Waals surface area contributed by atoms with Gasteiger partial charge in [-0.05, 0) is 29.8 Å². The van der Waals surface area contributed by atoms with Crippen molar-refractivity contribution in [2.45, 2.75) is 6.61 Å². The minimum Gasteiger partial charge on any atom is -0.392 e. The van der Waals surface area contributed by atoms with Crippen LogP contribution in [0.5, 0.6) is 0 Å². The fourth-order valence-corrected chi connectivity index (χ4v) is 3.27. The predicted octanol–water partition coefficient (Wildman–Crippen LogP) is 2.70. The van der Waals surface area contributed by atoms with E-state index in [1.54, 1.807) is 0 Å². The lowest BCUT2D eigenvalue weighted by atomic mass is 10.2. The molecule has 0 saturated carbocycles. The molecule has 0 aliphatic carbocycles. The molecule has 120 valence electrons. The van der Waals surface area contributed by atoms with Gasteiger partial charge in [0.25, 0.3) is 0 Å². The molecule has 8 heteroatoms. The maximum atomic E-state index is 9.20. The van der Waals surface area contributed by atoms with E-state index in [4.69, 9.17) is 5.73 Å². The molecule has 0 bridgehead atoms. The molecule has 0 unspecified atom stereocenters. The van der Waals surface area contributed by atoms with Crippen molar-refractivity contribution in [2.75, 3.05) is 11.1 Å². The average molecular weight is 338 g/mol. The van der Waals surface area contributed by atoms with Crippen LogP contribution >= 0.6 is 11.3 Å². The fourth-order valence-electron chi connectivity index (χ4n) is 2.35. The molecule has 0 amide bonds. The van der Waals surface area contributed by atoms with E-state index in [1.165, 1.54) is 16.0 Å². The summed E-state index contributed by atoms with van der Waals surface area (Å²) in [6.07, 6.45) is 0. The maximum absolute atomic E-state index is 9.20. The number of aliphatic hydroxyl groups is 1. The molecule has 0 spiro atoms. The van der Waals surface area contributed by atoms with Crippen LogP contribution in [0.4, 0.5) is 17.6 Å². The Morgan fingerprint density at radius 2 is 2.00 bits per heavy atom. The van der Waals surface area contributed by atoms with Crippen molar-refractivity contribution in [2.24, 2.45) is 0 Å². The topological polar surface area (TPSA) is 102 Å². The number of thiazole rings is 1. The molecular formula is C16H14N6OS. The normalized spacial score (nSPS) is 11.0. The Balaban J connectivity index is 1.66. The van der Waals surface area contributed by atoms with Gasteiger partial charge >= 0.3 is 0 Å². The number of nitrogen functional groups attached to an aromatic ring is 1. The number of nitrogens with two attached hydrogens (primary N) is 1. The molecule has 24 heavy (non-hydrogen) atoms. The van der Waals surface area contributed by atoms with E-state index >= 15 is 0 Å². The van der Waals surface area contributed by atoms with Crippen molar-refractivity contribution >= 4 is 39.1 Å². The molecule has 0 saturated heterocycles. The third kappa shape index (κ3) is 2.68. The number of benzene rings is 2. The summed E-state index contributed by atoms with van der Waals surface area (Å²) >= 11 is 1.50. The summed E-state index contributed by atoms with van der Waals surface area (Å²) in [5.74, 6) is 0.636. The molecule has 4 aromatic rings. The first-order valence-corrected chi connectivity index (χ1v) is 8.10. The van der Waals surface area contributed by atoms with E-state index in [-0.39, 0.29) is 12.6 Å². The molecule has 0 radical (unpaired) electrons. The number of anilines is 3. The lowest BCUT2D eigenvalue weighted by Gasteiger charge is -2.03. The second-order valence-electron chi connectivity index (χ2n) is 5.15. The van der Waals surface area contributed by atoms with Gasteiger partial charge in [0.1, 0.15) is 0 Å². The highest BCUT2D eigenvalue weighted by Gasteiger charge is 2.13. The number of nitrogens with zero attached hydrogens (tertiary/aromatic N) is 4. The standard InChI is InChI=1S/C16H14N6OS/c17-14-20-15(18-11-5-3-4-10(8-11)9-23)21-22(14)16-19-12-6-1-2-7-13(12)24-16/h1-8,23H,9H2,(H3,17,18,20,21). The van der Waals surface area contributed by atoms with Gasteiger partial charge in [-0.25, -0.2) is 4.98 Å². The van der Waals surface area contributed by atoms with Crippen LogP contribution in [0, 0.1) is 0 Å². The molecule has 0 atom stereocenters. The molecule has 2 heterocycles. The van der Waals surface area contributed by atoms with E-state index in [1.807, 2.05) is 48.5 Å². The van der Waals surface area contributed by atoms with E-state index < -0.39 is 0 Å². The van der Waals surface area contributed by atoms with E-state index in [9.17, 15) is 5.11 Å². The summed E-state index contributed by atoms with van der Waals surface area (Å²) in [5.41, 5.74) is 8.47. The Morgan fingerprint density at radius 3 is 2.83 bits per heavy atom. The number of nitrogens with one attached hydrogen (secondary N) is 1. The number of aliphatic hydroxyl groups excluding tert-OH is 1. The monoisotopic (exact) mass is 338 g/mol. The molecule has 2 aromatic heterocycles. The first kappa shape index (κ1) is 14.6. The smallest absolute Gasteiger partial charge is 0.248 e. The second-order valence-corrected chi connectivity index (χ2v) is 6.16. The van der Waals surface area contributed by atoms with Crippen LogP contribution in [0.2, 0.25) is 0 Å². The van der Waals surface area contributed by atoms with E-state index in [0.29, 0.717) is 11.1 Å². The van der Waals surface area contributed by atoms with Crippen molar-refractivity contribution < 1.29 is 5.11 Å². The highest BCUT2D eigenvalue weighted by atomic mass is 32.1. The fraction of sp³-hybridized carbons (Fsp3) is 0.0625. The summed E-state index contributed by atoms with van der Waals surface area (Å²) in [4.78, 5) is 8.76. The summed E-state index contributed by atoms with van der Waals surface area (Å²) in [5, 5.41) is 17.3. The lowest BCUT2D eigenvalue weighted by Crippen LogP contribution is -2.01. The van der Waals surface area contributed by atoms with Crippen LogP contribution in [-0.4, -0.2) is 24.9 Å². The van der Waals surface area contributed by atoms with Crippen LogP contribution in [0.1, 0.15) is 5.56 Å². The Kier molecular flexibility index (Phi) is 3.60. The minimum atomic E-state index is -0.0226. The first-order chi connectivity index (χ1) is 11.7. The highest BCUT2D eigenvalue weighted by Crippen LogP contribution is 2.26. The Labute approximate surface area is 141 Å². The van der Waals surface area contributed by atoms with Gasteiger partial charge in [0, 0.05) is 5.69 Å². The molecule has 0 fully saturated rings. The van der Waals surface area contributed by atoms with Crippen LogP contribution in [0.3, 0.4) is 0 Å². The minimum absolute atomic E-state index is 0.0226. The summed E-state index contributed by atoms with van der Waals surface area (Å²) in [6, 6.07) is 15.2. The lowest BCUT2D eigenvalue weighted by molar-refractivity contribution is 0.282. The zero-order chi connectivity index (χ0) is 16.5. The van der Waals surface area contributed by atoms with Crippen LogP contribution in [0.15, 0.2) is 48.5 Å². The van der Waals surface area contributed by atoms with E-state index in [2.05, 4.69) is 20.4 Å². The number of rotatable bonds is 4. The molecule has 7 nitrogen and oxygen atoms in total. The highest BCUT2D eigenvalue weighted by molar-refractivity contribution is 7.20. The maximum Gasteiger partial charge on any atom is 0.248 e. The van der Waals surface area contributed by atoms with Crippen molar-refractivity contribution in [1.29, 1.82) is 0 Å². The van der Waals surface area contributed by atoms with Gasteiger partial charge in [0.15, 0.2) is 0 Å². The van der Waals surface area contributed by atoms with Crippen LogP contribution in [-0.2, 0) is 6.61 Å². The van der Waals surface area contributed by atoms with Gasteiger partial charge in [-0.3, -0.25) is 0 Å². The van der Waals surface area contributed by atoms with Gasteiger partial charge < -0.3 is 16.2 Å². The molecule has 4 N–H and O–H groups in total. The molecule has 0 aliphatic rings. The summed E-state index contributed by atoms with van der Waals surface area (Å²) < 4.78 is 2.58. The van der Waals surface area contributed by atoms with Crippen molar-refractivity contribution in [3.05, 3.63) is 54.1 Å². The number of hydrogen-bond acceptors (Lipinski definition) is 7. The zero-order valence-electron chi connectivity index (χ0n) is 12.5.